The monoisotopic (exact) mass is 197 g/mol. The molecule has 70 valence electrons. The normalized spacial score (nSPS) is 9.77. The largest absolute Gasteiger partial charge is 0.372 e. The third kappa shape index (κ3) is 2.77. The molecule has 0 unspecified atom stereocenters. The fourth-order valence-electron chi connectivity index (χ4n) is 0.963. The summed E-state index contributed by atoms with van der Waals surface area (Å²) in [4.78, 5) is 2.56. The number of thiocarbonyl (C=S) groups is 1. The fraction of sp³-hybridized carbons (Fsp3) is 0.300. The lowest BCUT2D eigenvalue weighted by atomic mass is 10.1. The number of halogens is 1. The number of nitrogens with zero attached hydrogens (tertiary/aromatic N) is 1. The Kier molecular flexibility index (Phi) is 3.37. The third-order valence-corrected chi connectivity index (χ3v) is 2.31. The third-order valence-electron chi connectivity index (χ3n) is 1.80. The second-order valence-electron chi connectivity index (χ2n) is 3.06. The van der Waals surface area contributed by atoms with Gasteiger partial charge < -0.3 is 4.90 Å². The van der Waals surface area contributed by atoms with Crippen molar-refractivity contribution in [3.8, 4) is 0 Å². The zero-order chi connectivity index (χ0) is 9.84. The molecule has 0 bridgehead atoms. The summed E-state index contributed by atoms with van der Waals surface area (Å²) in [6.07, 6.45) is 0.495. The van der Waals surface area contributed by atoms with Gasteiger partial charge in [-0.2, -0.15) is 0 Å². The van der Waals surface area contributed by atoms with Crippen LogP contribution in [-0.4, -0.2) is 24.0 Å². The molecule has 3 heteroatoms. The lowest BCUT2D eigenvalue weighted by molar-refractivity contribution is 0.601. The van der Waals surface area contributed by atoms with Crippen LogP contribution in [0.4, 0.5) is 4.39 Å². The first-order valence-electron chi connectivity index (χ1n) is 4.05. The van der Waals surface area contributed by atoms with E-state index in [1.54, 1.807) is 12.1 Å². The molecule has 0 atom stereocenters. The van der Waals surface area contributed by atoms with Gasteiger partial charge >= 0.3 is 0 Å². The van der Waals surface area contributed by atoms with Crippen molar-refractivity contribution in [2.75, 3.05) is 14.1 Å². The van der Waals surface area contributed by atoms with Crippen molar-refractivity contribution in [1.82, 2.24) is 4.90 Å². The highest BCUT2D eigenvalue weighted by Crippen LogP contribution is 2.08. The van der Waals surface area contributed by atoms with Crippen LogP contribution in [0.25, 0.3) is 0 Å². The molecule has 0 aliphatic rings. The molecule has 0 aliphatic carbocycles. The van der Waals surface area contributed by atoms with Gasteiger partial charge in [0.25, 0.3) is 0 Å². The van der Waals surface area contributed by atoms with Crippen LogP contribution in [0, 0.1) is 5.82 Å². The molecule has 0 spiro atoms. The van der Waals surface area contributed by atoms with E-state index in [1.165, 1.54) is 6.07 Å². The summed E-state index contributed by atoms with van der Waals surface area (Å²) in [5, 5.41) is 0. The van der Waals surface area contributed by atoms with Gasteiger partial charge in [-0.15, -0.1) is 0 Å². The van der Waals surface area contributed by atoms with Gasteiger partial charge in [-0.25, -0.2) is 4.39 Å². The van der Waals surface area contributed by atoms with Gasteiger partial charge in [0.1, 0.15) is 5.82 Å². The van der Waals surface area contributed by atoms with Crippen LogP contribution in [0.2, 0.25) is 0 Å². The maximum absolute atomic E-state index is 13.1. The predicted molar refractivity (Wildman–Crippen MR) is 56.4 cm³/mol. The molecule has 0 aliphatic heterocycles. The van der Waals surface area contributed by atoms with Crippen LogP contribution in [0.15, 0.2) is 24.3 Å². The number of hydrogen-bond acceptors (Lipinski definition) is 1. The van der Waals surface area contributed by atoms with Crippen LogP contribution in [0.3, 0.4) is 0 Å². The highest BCUT2D eigenvalue weighted by molar-refractivity contribution is 7.80. The zero-order valence-corrected chi connectivity index (χ0v) is 8.57. The molecule has 0 fully saturated rings. The Morgan fingerprint density at radius 2 is 2.00 bits per heavy atom. The second-order valence-corrected chi connectivity index (χ2v) is 3.53. The van der Waals surface area contributed by atoms with E-state index in [-0.39, 0.29) is 5.82 Å². The van der Waals surface area contributed by atoms with Gasteiger partial charge in [0, 0.05) is 20.5 Å². The van der Waals surface area contributed by atoms with Crippen LogP contribution in [-0.2, 0) is 6.42 Å². The van der Waals surface area contributed by atoms with Crippen LogP contribution < -0.4 is 0 Å². The Hall–Kier alpha value is -0.960. The summed E-state index contributed by atoms with van der Waals surface area (Å²) in [7, 11) is 3.73. The number of benzene rings is 1. The van der Waals surface area contributed by atoms with Crippen molar-refractivity contribution in [3.63, 3.8) is 0 Å². The van der Waals surface area contributed by atoms with E-state index < -0.39 is 0 Å². The quantitative estimate of drug-likeness (QED) is 0.669. The first-order valence-corrected chi connectivity index (χ1v) is 4.45. The standard InChI is InChI=1S/C10H12FNS/c1-12(2)10(13)7-8-5-3-4-6-9(8)11/h3-6H,7H2,1-2H3. The molecule has 1 nitrogen and oxygen atoms in total. The minimum absolute atomic E-state index is 0.188. The van der Waals surface area contributed by atoms with Crippen molar-refractivity contribution in [2.24, 2.45) is 0 Å². The van der Waals surface area contributed by atoms with E-state index in [9.17, 15) is 4.39 Å². The smallest absolute Gasteiger partial charge is 0.126 e. The van der Waals surface area contributed by atoms with Crippen molar-refractivity contribution >= 4 is 17.2 Å². The molecule has 1 aromatic rings. The maximum atomic E-state index is 13.1. The Balaban J connectivity index is 2.75. The Labute approximate surface area is 83.2 Å². The fourth-order valence-corrected chi connectivity index (χ4v) is 1.12. The molecule has 0 heterocycles. The average Bonchev–Trinajstić information content (AvgIpc) is 2.08. The van der Waals surface area contributed by atoms with E-state index >= 15 is 0 Å². The molecular weight excluding hydrogens is 185 g/mol. The number of hydrogen-bond donors (Lipinski definition) is 0. The molecule has 0 aromatic heterocycles. The summed E-state index contributed by atoms with van der Waals surface area (Å²) < 4.78 is 13.1. The summed E-state index contributed by atoms with van der Waals surface area (Å²) in [5.41, 5.74) is 0.654. The molecule has 0 radical (unpaired) electrons. The van der Waals surface area contributed by atoms with Gasteiger partial charge in [-0.05, 0) is 11.6 Å². The van der Waals surface area contributed by atoms with Gasteiger partial charge in [0.05, 0.1) is 4.99 Å². The Morgan fingerprint density at radius 3 is 2.54 bits per heavy atom. The minimum atomic E-state index is -0.188. The molecular formula is C10H12FNS. The van der Waals surface area contributed by atoms with E-state index in [4.69, 9.17) is 12.2 Å². The molecule has 0 amide bonds. The van der Waals surface area contributed by atoms with Gasteiger partial charge in [-0.1, -0.05) is 30.4 Å². The van der Waals surface area contributed by atoms with Crippen molar-refractivity contribution in [3.05, 3.63) is 35.6 Å². The maximum Gasteiger partial charge on any atom is 0.126 e. The van der Waals surface area contributed by atoms with Gasteiger partial charge in [-0.3, -0.25) is 0 Å². The SMILES string of the molecule is CN(C)C(=S)Cc1ccccc1F. The topological polar surface area (TPSA) is 3.24 Å². The first kappa shape index (κ1) is 10.1. The van der Waals surface area contributed by atoms with E-state index in [0.717, 1.165) is 4.99 Å². The second kappa shape index (κ2) is 4.33. The van der Waals surface area contributed by atoms with Crippen molar-refractivity contribution in [1.29, 1.82) is 0 Å². The van der Waals surface area contributed by atoms with Crippen LogP contribution in [0.1, 0.15) is 5.56 Å². The van der Waals surface area contributed by atoms with Gasteiger partial charge in [0.2, 0.25) is 0 Å². The summed E-state index contributed by atoms with van der Waals surface area (Å²) in [5.74, 6) is -0.188. The van der Waals surface area contributed by atoms with Crippen molar-refractivity contribution < 1.29 is 4.39 Å². The molecule has 0 saturated carbocycles. The highest BCUT2D eigenvalue weighted by atomic mass is 32.1. The van der Waals surface area contributed by atoms with Crippen LogP contribution >= 0.6 is 12.2 Å². The Morgan fingerprint density at radius 1 is 1.38 bits per heavy atom. The molecule has 1 aromatic carbocycles. The molecule has 0 N–H and O–H groups in total. The summed E-state index contributed by atoms with van der Waals surface area (Å²) >= 11 is 5.08. The highest BCUT2D eigenvalue weighted by Gasteiger charge is 2.04. The minimum Gasteiger partial charge on any atom is -0.372 e. The van der Waals surface area contributed by atoms with E-state index in [1.807, 2.05) is 25.1 Å². The Bertz CT molecular complexity index is 310. The van der Waals surface area contributed by atoms with E-state index in [0.29, 0.717) is 12.0 Å². The zero-order valence-electron chi connectivity index (χ0n) is 7.75. The molecule has 13 heavy (non-hydrogen) atoms. The predicted octanol–water partition coefficient (Wildman–Crippen LogP) is 2.26. The summed E-state index contributed by atoms with van der Waals surface area (Å²) in [6.45, 7) is 0. The number of likely N-dealkylation sites (N-methyl/N-ethyl adjacent to an activating group) is 1. The molecule has 0 saturated heterocycles. The lowest BCUT2D eigenvalue weighted by Crippen LogP contribution is -2.21. The summed E-state index contributed by atoms with van der Waals surface area (Å²) in [6, 6.07) is 6.70. The van der Waals surface area contributed by atoms with Gasteiger partial charge in [0.15, 0.2) is 0 Å². The van der Waals surface area contributed by atoms with Crippen molar-refractivity contribution in [2.45, 2.75) is 6.42 Å². The first-order chi connectivity index (χ1) is 6.11. The van der Waals surface area contributed by atoms with E-state index in [2.05, 4.69) is 0 Å². The molecule has 1 rings (SSSR count). The lowest BCUT2D eigenvalue weighted by Gasteiger charge is -2.13. The van der Waals surface area contributed by atoms with Crippen LogP contribution in [0.5, 0.6) is 0 Å². The average molecular weight is 197 g/mol. The number of rotatable bonds is 2.